The van der Waals surface area contributed by atoms with Gasteiger partial charge in [-0.05, 0) is 57.6 Å². The second-order valence-electron chi connectivity index (χ2n) is 8.44. The molecule has 1 unspecified atom stereocenters. The first-order valence-corrected chi connectivity index (χ1v) is 12.3. The van der Waals surface area contributed by atoms with E-state index in [1.165, 1.54) is 38.5 Å². The molecule has 1 heterocycles. The topological polar surface area (TPSA) is 54.0 Å². The van der Waals surface area contributed by atoms with Crippen LogP contribution in [0.4, 0.5) is 10.5 Å². The summed E-state index contributed by atoms with van der Waals surface area (Å²) in [5, 5.41) is 2.89. The smallest absolute Gasteiger partial charge is 0.411 e. The monoisotopic (exact) mass is 505 g/mol. The lowest BCUT2D eigenvalue weighted by molar-refractivity contribution is 0.0503. The molecule has 192 valence electrons. The van der Waals surface area contributed by atoms with Gasteiger partial charge in [-0.3, -0.25) is 10.2 Å². The van der Waals surface area contributed by atoms with Crippen molar-refractivity contribution in [2.24, 2.45) is 0 Å². The average Bonchev–Trinajstić information content (AvgIpc) is 2.78. The summed E-state index contributed by atoms with van der Waals surface area (Å²) < 4.78 is 11.7. The quantitative estimate of drug-likeness (QED) is 0.303. The second-order valence-corrected chi connectivity index (χ2v) is 8.44. The van der Waals surface area contributed by atoms with Gasteiger partial charge in [0.2, 0.25) is 0 Å². The minimum Gasteiger partial charge on any atom is -0.494 e. The van der Waals surface area contributed by atoms with E-state index >= 15 is 0 Å². The van der Waals surface area contributed by atoms with Gasteiger partial charge in [0, 0.05) is 24.8 Å². The van der Waals surface area contributed by atoms with Crippen molar-refractivity contribution in [3.8, 4) is 5.75 Å². The van der Waals surface area contributed by atoms with Gasteiger partial charge in [0.15, 0.2) is 0 Å². The van der Waals surface area contributed by atoms with Crippen molar-refractivity contribution in [3.05, 3.63) is 24.3 Å². The molecule has 0 aromatic heterocycles. The molecule has 0 bridgehead atoms. The Morgan fingerprint density at radius 3 is 2.45 bits per heavy atom. The largest absolute Gasteiger partial charge is 0.494 e. The van der Waals surface area contributed by atoms with E-state index in [1.54, 1.807) is 0 Å². The van der Waals surface area contributed by atoms with Gasteiger partial charge in [-0.1, -0.05) is 52.5 Å². The summed E-state index contributed by atoms with van der Waals surface area (Å²) >= 11 is 0. The summed E-state index contributed by atoms with van der Waals surface area (Å²) in [5.41, 5.74) is 0.704. The van der Waals surface area contributed by atoms with E-state index in [4.69, 9.17) is 9.47 Å². The number of anilines is 1. The lowest BCUT2D eigenvalue weighted by atomic mass is 10.1. The van der Waals surface area contributed by atoms with E-state index in [9.17, 15) is 4.79 Å². The Bertz CT molecular complexity index is 627. The Kier molecular flexibility index (Phi) is 18.4. The van der Waals surface area contributed by atoms with Gasteiger partial charge in [0.25, 0.3) is 0 Å². The predicted octanol–water partition coefficient (Wildman–Crippen LogP) is 6.23. The lowest BCUT2D eigenvalue weighted by Gasteiger charge is -2.32. The minimum absolute atomic E-state index is 0. The molecule has 1 aliphatic rings. The fourth-order valence-electron chi connectivity index (χ4n) is 4.01. The van der Waals surface area contributed by atoms with Crippen molar-refractivity contribution >= 4 is 36.6 Å². The summed E-state index contributed by atoms with van der Waals surface area (Å²) in [6.45, 7) is 12.9. The number of nitrogens with one attached hydrogen (secondary N) is 1. The maximum atomic E-state index is 12.7. The Labute approximate surface area is 213 Å². The second kappa shape index (κ2) is 19.1. The molecule has 6 nitrogen and oxygen atoms in total. The van der Waals surface area contributed by atoms with Crippen LogP contribution in [0.15, 0.2) is 24.3 Å². The van der Waals surface area contributed by atoms with Crippen LogP contribution < -0.4 is 10.1 Å². The van der Waals surface area contributed by atoms with E-state index < -0.39 is 6.09 Å². The molecule has 0 aliphatic carbocycles. The zero-order valence-corrected chi connectivity index (χ0v) is 22.4. The normalized spacial score (nSPS) is 14.7. The van der Waals surface area contributed by atoms with E-state index in [-0.39, 0.29) is 30.9 Å². The number of amides is 1. The van der Waals surface area contributed by atoms with Crippen molar-refractivity contribution in [1.29, 1.82) is 0 Å². The number of carbonyl (C=O) groups is 1. The van der Waals surface area contributed by atoms with E-state index in [0.29, 0.717) is 12.3 Å². The van der Waals surface area contributed by atoms with Crippen LogP contribution in [0, 0.1) is 0 Å². The van der Waals surface area contributed by atoms with Crippen molar-refractivity contribution in [3.63, 3.8) is 0 Å². The van der Waals surface area contributed by atoms with Gasteiger partial charge in [0.05, 0.1) is 6.61 Å². The molecule has 0 spiro atoms. The molecule has 1 saturated heterocycles. The van der Waals surface area contributed by atoms with Gasteiger partial charge in [0.1, 0.15) is 11.9 Å². The summed E-state index contributed by atoms with van der Waals surface area (Å²) in [4.78, 5) is 17.4. The number of piperidine rings is 1. The highest BCUT2D eigenvalue weighted by molar-refractivity contribution is 5.86. The molecule has 1 aliphatic heterocycles. The minimum atomic E-state index is -0.394. The SMILES string of the molecule is CCCCCCOc1cccc(NC(=O)OC(CN(CC)CC)CN2CCCCC2)c1.Cl.Cl. The van der Waals surface area contributed by atoms with Gasteiger partial charge in [-0.2, -0.15) is 0 Å². The van der Waals surface area contributed by atoms with Crippen LogP contribution in [0.2, 0.25) is 0 Å². The number of likely N-dealkylation sites (N-methyl/N-ethyl adjacent to an activating group) is 1. The number of likely N-dealkylation sites (tertiary alicyclic amines) is 1. The average molecular weight is 507 g/mol. The summed E-state index contributed by atoms with van der Waals surface area (Å²) in [7, 11) is 0. The van der Waals surface area contributed by atoms with E-state index in [0.717, 1.165) is 51.4 Å². The number of carbonyl (C=O) groups excluding carboxylic acids is 1. The summed E-state index contributed by atoms with van der Waals surface area (Å²) in [6.07, 6.45) is 7.92. The molecule has 2 rings (SSSR count). The number of hydrogen-bond donors (Lipinski definition) is 1. The Morgan fingerprint density at radius 1 is 1.06 bits per heavy atom. The molecule has 1 fully saturated rings. The maximum absolute atomic E-state index is 12.7. The van der Waals surface area contributed by atoms with Crippen LogP contribution in [0.25, 0.3) is 0 Å². The third kappa shape index (κ3) is 13.3. The Balaban J connectivity index is 0.00000512. The molecule has 8 heteroatoms. The first-order chi connectivity index (χ1) is 15.1. The molecule has 33 heavy (non-hydrogen) atoms. The third-order valence-corrected chi connectivity index (χ3v) is 5.89. The molecule has 1 atom stereocenters. The molecule has 1 aromatic rings. The number of benzene rings is 1. The van der Waals surface area contributed by atoms with Gasteiger partial charge < -0.3 is 14.4 Å². The van der Waals surface area contributed by atoms with Gasteiger partial charge in [-0.15, -0.1) is 24.8 Å². The van der Waals surface area contributed by atoms with Crippen molar-refractivity contribution in [1.82, 2.24) is 9.80 Å². The zero-order chi connectivity index (χ0) is 22.3. The highest BCUT2D eigenvalue weighted by Gasteiger charge is 2.22. The number of rotatable bonds is 14. The highest BCUT2D eigenvalue weighted by atomic mass is 35.5. The zero-order valence-electron chi connectivity index (χ0n) is 20.7. The van der Waals surface area contributed by atoms with Gasteiger partial charge >= 0.3 is 6.09 Å². The molecular formula is C25H45Cl2N3O3. The molecule has 0 radical (unpaired) electrons. The molecule has 1 aromatic carbocycles. The predicted molar refractivity (Wildman–Crippen MR) is 143 cm³/mol. The van der Waals surface area contributed by atoms with Gasteiger partial charge in [-0.25, -0.2) is 4.79 Å². The summed E-state index contributed by atoms with van der Waals surface area (Å²) in [5.74, 6) is 0.780. The highest BCUT2D eigenvalue weighted by Crippen LogP contribution is 2.19. The van der Waals surface area contributed by atoms with Crippen molar-refractivity contribution in [2.45, 2.75) is 71.8 Å². The van der Waals surface area contributed by atoms with Crippen molar-refractivity contribution in [2.75, 3.05) is 51.2 Å². The lowest BCUT2D eigenvalue weighted by Crippen LogP contribution is -2.44. The first-order valence-electron chi connectivity index (χ1n) is 12.3. The number of halogens is 2. The number of nitrogens with zero attached hydrogens (tertiary/aromatic N) is 2. The standard InChI is InChI=1S/C25H43N3O3.2ClH/c1-4-7-8-12-18-30-23-15-13-14-22(19-23)26-25(29)31-24(20-27(5-2)6-3)21-28-16-10-9-11-17-28;;/h13-15,19,24H,4-12,16-18,20-21H2,1-3H3,(H,26,29);2*1H. The van der Waals surface area contributed by atoms with Crippen LogP contribution in [-0.4, -0.2) is 67.9 Å². The molecule has 1 amide bonds. The third-order valence-electron chi connectivity index (χ3n) is 5.89. The Hall–Kier alpha value is -1.21. The first kappa shape index (κ1) is 31.8. The van der Waals surface area contributed by atoms with Crippen molar-refractivity contribution < 1.29 is 14.3 Å². The summed E-state index contributed by atoms with van der Waals surface area (Å²) in [6, 6.07) is 7.56. The maximum Gasteiger partial charge on any atom is 0.411 e. The fourth-order valence-corrected chi connectivity index (χ4v) is 4.01. The molecule has 1 N–H and O–H groups in total. The number of unbranched alkanes of at least 4 members (excludes halogenated alkanes) is 3. The number of ether oxygens (including phenoxy) is 2. The molecular weight excluding hydrogens is 461 g/mol. The van der Waals surface area contributed by atoms with Crippen LogP contribution >= 0.6 is 24.8 Å². The van der Waals surface area contributed by atoms with Crippen LogP contribution in [0.5, 0.6) is 5.75 Å². The van der Waals surface area contributed by atoms with Crippen LogP contribution in [0.1, 0.15) is 65.7 Å². The Morgan fingerprint density at radius 2 is 1.79 bits per heavy atom. The van der Waals surface area contributed by atoms with E-state index in [1.807, 2.05) is 24.3 Å². The van der Waals surface area contributed by atoms with Crippen LogP contribution in [0.3, 0.4) is 0 Å². The van der Waals surface area contributed by atoms with E-state index in [2.05, 4.69) is 35.9 Å². The number of hydrogen-bond acceptors (Lipinski definition) is 5. The fraction of sp³-hybridized carbons (Fsp3) is 0.720. The molecule has 0 saturated carbocycles. The van der Waals surface area contributed by atoms with Crippen LogP contribution in [-0.2, 0) is 4.74 Å².